The third-order valence-corrected chi connectivity index (χ3v) is 2.65. The number of rotatable bonds is 2. The second-order valence-corrected chi connectivity index (χ2v) is 3.72. The summed E-state index contributed by atoms with van der Waals surface area (Å²) in [6.07, 6.45) is 0.525. The molecule has 2 rings (SSSR count). The Balaban J connectivity index is 2.56. The molecule has 82 valence electrons. The third-order valence-electron chi connectivity index (χ3n) is 2.01. The van der Waals surface area contributed by atoms with Crippen LogP contribution >= 0.6 is 23.2 Å². The second-order valence-electron chi connectivity index (χ2n) is 3.00. The van der Waals surface area contributed by atoms with Crippen LogP contribution in [-0.2, 0) is 0 Å². The van der Waals surface area contributed by atoms with Crippen LogP contribution < -0.4 is 0 Å². The zero-order valence-electron chi connectivity index (χ0n) is 7.82. The third kappa shape index (κ3) is 1.81. The fourth-order valence-electron chi connectivity index (χ4n) is 1.24. The molecule has 0 saturated heterocycles. The molecule has 0 aliphatic rings. The van der Waals surface area contributed by atoms with Gasteiger partial charge in [0, 0.05) is 0 Å². The molecule has 0 bridgehead atoms. The predicted octanol–water partition coefficient (Wildman–Crippen LogP) is 3.13. The van der Waals surface area contributed by atoms with E-state index < -0.39 is 0 Å². The van der Waals surface area contributed by atoms with Gasteiger partial charge in [-0.05, 0) is 24.3 Å². The minimum atomic E-state index is -0.367. The Morgan fingerprint density at radius 2 is 1.88 bits per heavy atom. The van der Waals surface area contributed by atoms with Gasteiger partial charge in [-0.3, -0.25) is 4.79 Å². The lowest BCUT2D eigenvalue weighted by molar-refractivity contribution is 0.112. The van der Waals surface area contributed by atoms with Crippen LogP contribution in [-0.4, -0.2) is 16.1 Å². The zero-order chi connectivity index (χ0) is 11.7. The molecule has 0 spiro atoms. The molecule has 1 aromatic carbocycles. The van der Waals surface area contributed by atoms with Crippen LogP contribution in [0.1, 0.15) is 10.4 Å². The van der Waals surface area contributed by atoms with Crippen molar-refractivity contribution in [2.24, 2.45) is 0 Å². The summed E-state index contributed by atoms with van der Waals surface area (Å²) >= 11 is 11.6. The molecule has 0 unspecified atom stereocenters. The van der Waals surface area contributed by atoms with E-state index in [1.165, 1.54) is 28.9 Å². The smallest absolute Gasteiger partial charge is 0.163 e. The van der Waals surface area contributed by atoms with Gasteiger partial charge in [0.25, 0.3) is 0 Å². The van der Waals surface area contributed by atoms with Crippen molar-refractivity contribution in [3.8, 4) is 5.69 Å². The summed E-state index contributed by atoms with van der Waals surface area (Å²) in [4.78, 5) is 10.7. The molecule has 0 aliphatic carbocycles. The maximum absolute atomic E-state index is 12.7. The second kappa shape index (κ2) is 4.23. The number of benzene rings is 1. The minimum absolute atomic E-state index is 0.0179. The highest BCUT2D eigenvalue weighted by Gasteiger charge is 2.15. The zero-order valence-corrected chi connectivity index (χ0v) is 9.34. The maximum Gasteiger partial charge on any atom is 0.163 e. The van der Waals surface area contributed by atoms with Crippen LogP contribution in [0.25, 0.3) is 5.69 Å². The molecule has 1 heterocycles. The first kappa shape index (κ1) is 11.1. The van der Waals surface area contributed by atoms with Gasteiger partial charge in [-0.2, -0.15) is 5.10 Å². The lowest BCUT2D eigenvalue weighted by atomic mass is 10.3. The summed E-state index contributed by atoms with van der Waals surface area (Å²) < 4.78 is 14.0. The number of aromatic nitrogens is 2. The molecule has 0 N–H and O–H groups in total. The first-order chi connectivity index (χ1) is 7.63. The standard InChI is InChI=1S/C10H5Cl2FN2O/c11-9-8(5-16)10(12)15(14-9)7-3-1-6(13)2-4-7/h1-5H. The number of carbonyl (C=O) groups is 1. The quantitative estimate of drug-likeness (QED) is 0.776. The van der Waals surface area contributed by atoms with Gasteiger partial charge in [0.15, 0.2) is 11.4 Å². The van der Waals surface area contributed by atoms with E-state index >= 15 is 0 Å². The van der Waals surface area contributed by atoms with Crippen LogP contribution in [0.3, 0.4) is 0 Å². The first-order valence-corrected chi connectivity index (χ1v) is 5.04. The average Bonchev–Trinajstić information content (AvgIpc) is 2.55. The fourth-order valence-corrected chi connectivity index (χ4v) is 1.76. The van der Waals surface area contributed by atoms with Crippen LogP contribution in [0.5, 0.6) is 0 Å². The summed E-state index contributed by atoms with van der Waals surface area (Å²) in [7, 11) is 0. The summed E-state index contributed by atoms with van der Waals surface area (Å²) in [5.41, 5.74) is 0.647. The Bertz CT molecular complexity index is 536. The van der Waals surface area contributed by atoms with Gasteiger partial charge in [0.05, 0.1) is 11.3 Å². The molecule has 1 aromatic heterocycles. The highest BCUT2D eigenvalue weighted by Crippen LogP contribution is 2.25. The minimum Gasteiger partial charge on any atom is -0.298 e. The van der Waals surface area contributed by atoms with E-state index in [4.69, 9.17) is 23.2 Å². The van der Waals surface area contributed by atoms with E-state index in [9.17, 15) is 9.18 Å². The maximum atomic E-state index is 12.7. The predicted molar refractivity (Wildman–Crippen MR) is 58.9 cm³/mol. The Morgan fingerprint density at radius 1 is 1.25 bits per heavy atom. The van der Waals surface area contributed by atoms with E-state index in [1.807, 2.05) is 0 Å². The van der Waals surface area contributed by atoms with Gasteiger partial charge < -0.3 is 0 Å². The topological polar surface area (TPSA) is 34.9 Å². The molecule has 3 nitrogen and oxygen atoms in total. The van der Waals surface area contributed by atoms with Gasteiger partial charge in [-0.15, -0.1) is 0 Å². The fraction of sp³-hybridized carbons (Fsp3) is 0. The van der Waals surface area contributed by atoms with E-state index in [0.717, 1.165) is 0 Å². The Kier molecular flexibility index (Phi) is 2.94. The lowest BCUT2D eigenvalue weighted by Crippen LogP contribution is -1.96. The van der Waals surface area contributed by atoms with Crippen LogP contribution in [0.4, 0.5) is 4.39 Å². The number of carbonyl (C=O) groups excluding carboxylic acids is 1. The van der Waals surface area contributed by atoms with E-state index in [2.05, 4.69) is 5.10 Å². The molecule has 0 aliphatic heterocycles. The molecule has 0 amide bonds. The Hall–Kier alpha value is -1.39. The highest BCUT2D eigenvalue weighted by molar-refractivity contribution is 6.37. The van der Waals surface area contributed by atoms with E-state index in [0.29, 0.717) is 12.0 Å². The largest absolute Gasteiger partial charge is 0.298 e. The monoisotopic (exact) mass is 258 g/mol. The molecule has 0 radical (unpaired) electrons. The van der Waals surface area contributed by atoms with Crippen LogP contribution in [0, 0.1) is 5.82 Å². The highest BCUT2D eigenvalue weighted by atomic mass is 35.5. The van der Waals surface area contributed by atoms with Crippen molar-refractivity contribution >= 4 is 29.5 Å². The van der Waals surface area contributed by atoms with Crippen molar-refractivity contribution < 1.29 is 9.18 Å². The summed E-state index contributed by atoms with van der Waals surface area (Å²) in [5.74, 6) is -0.367. The Morgan fingerprint density at radius 3 is 2.38 bits per heavy atom. The van der Waals surface area contributed by atoms with Gasteiger partial charge in [0.2, 0.25) is 0 Å². The molecular weight excluding hydrogens is 254 g/mol. The Labute approximate surface area is 100 Å². The van der Waals surface area contributed by atoms with Crippen molar-refractivity contribution in [1.82, 2.24) is 9.78 Å². The molecule has 2 aromatic rings. The van der Waals surface area contributed by atoms with Crippen molar-refractivity contribution in [2.75, 3.05) is 0 Å². The summed E-state index contributed by atoms with van der Waals surface area (Å²) in [5, 5.41) is 4.00. The van der Waals surface area contributed by atoms with Crippen molar-refractivity contribution in [3.63, 3.8) is 0 Å². The van der Waals surface area contributed by atoms with Gasteiger partial charge >= 0.3 is 0 Å². The lowest BCUT2D eigenvalue weighted by Gasteiger charge is -2.01. The number of nitrogens with zero attached hydrogens (tertiary/aromatic N) is 2. The van der Waals surface area contributed by atoms with Gasteiger partial charge in [0.1, 0.15) is 11.0 Å². The van der Waals surface area contributed by atoms with Crippen molar-refractivity contribution in [2.45, 2.75) is 0 Å². The number of halogens is 3. The van der Waals surface area contributed by atoms with Crippen LogP contribution in [0.15, 0.2) is 24.3 Å². The van der Waals surface area contributed by atoms with Crippen LogP contribution in [0.2, 0.25) is 10.3 Å². The number of hydrogen-bond acceptors (Lipinski definition) is 2. The average molecular weight is 259 g/mol. The normalized spacial score (nSPS) is 10.4. The molecule has 6 heteroatoms. The number of hydrogen-bond donors (Lipinski definition) is 0. The van der Waals surface area contributed by atoms with Crippen molar-refractivity contribution in [3.05, 3.63) is 46.0 Å². The molecule has 16 heavy (non-hydrogen) atoms. The van der Waals surface area contributed by atoms with Gasteiger partial charge in [-0.1, -0.05) is 23.2 Å². The van der Waals surface area contributed by atoms with E-state index in [-0.39, 0.29) is 21.7 Å². The molecular formula is C10H5Cl2FN2O. The molecule has 0 atom stereocenters. The SMILES string of the molecule is O=Cc1c(Cl)nn(-c2ccc(F)cc2)c1Cl. The first-order valence-electron chi connectivity index (χ1n) is 4.28. The molecule has 0 saturated carbocycles. The van der Waals surface area contributed by atoms with E-state index in [1.54, 1.807) is 0 Å². The van der Waals surface area contributed by atoms with Gasteiger partial charge in [-0.25, -0.2) is 9.07 Å². The van der Waals surface area contributed by atoms with Crippen molar-refractivity contribution in [1.29, 1.82) is 0 Å². The molecule has 0 fully saturated rings. The summed E-state index contributed by atoms with van der Waals surface area (Å²) in [6, 6.07) is 5.50. The summed E-state index contributed by atoms with van der Waals surface area (Å²) in [6.45, 7) is 0. The number of aldehydes is 1.